The molecule has 2 aliphatic heterocycles. The molecule has 2 heterocycles. The van der Waals surface area contributed by atoms with E-state index in [0.717, 1.165) is 0 Å². The van der Waals surface area contributed by atoms with Crippen molar-refractivity contribution < 1.29 is 29.2 Å². The standard InChI is InChI=1S/C12H22O6/c1-11(2)15-7(5-13)9(17-11)10-8(6-14)16-12(3,4)18-10/h7-10,13-14H,5-6H2,1-4H3/t7-,8-,9+,10+/m0/s1. The van der Waals surface area contributed by atoms with Gasteiger partial charge in [0.05, 0.1) is 13.2 Å². The molecule has 0 spiro atoms. The first-order valence-electron chi connectivity index (χ1n) is 6.21. The molecule has 6 nitrogen and oxygen atoms in total. The molecule has 0 radical (unpaired) electrons. The van der Waals surface area contributed by atoms with Crippen LogP contribution in [0.2, 0.25) is 0 Å². The molecule has 2 N–H and O–H groups in total. The molecular weight excluding hydrogens is 240 g/mol. The van der Waals surface area contributed by atoms with Crippen LogP contribution < -0.4 is 0 Å². The lowest BCUT2D eigenvalue weighted by molar-refractivity contribution is -0.175. The van der Waals surface area contributed by atoms with E-state index in [0.29, 0.717) is 0 Å². The number of hydrogen-bond donors (Lipinski definition) is 2. The smallest absolute Gasteiger partial charge is 0.164 e. The average Bonchev–Trinajstić information content (AvgIpc) is 2.74. The quantitative estimate of drug-likeness (QED) is 0.746. The monoisotopic (exact) mass is 262 g/mol. The summed E-state index contributed by atoms with van der Waals surface area (Å²) in [6, 6.07) is 0. The molecule has 0 bridgehead atoms. The van der Waals surface area contributed by atoms with E-state index in [2.05, 4.69) is 0 Å². The lowest BCUT2D eigenvalue weighted by Gasteiger charge is -2.24. The van der Waals surface area contributed by atoms with Gasteiger partial charge in [0.15, 0.2) is 11.6 Å². The van der Waals surface area contributed by atoms with Crippen molar-refractivity contribution in [1.29, 1.82) is 0 Å². The maximum Gasteiger partial charge on any atom is 0.164 e. The van der Waals surface area contributed by atoms with Gasteiger partial charge < -0.3 is 29.2 Å². The maximum absolute atomic E-state index is 9.35. The number of aliphatic hydroxyl groups is 2. The van der Waals surface area contributed by atoms with Crippen LogP contribution in [0.25, 0.3) is 0 Å². The predicted molar refractivity (Wildman–Crippen MR) is 61.8 cm³/mol. The Morgan fingerprint density at radius 3 is 1.33 bits per heavy atom. The molecule has 106 valence electrons. The van der Waals surface area contributed by atoms with E-state index >= 15 is 0 Å². The average molecular weight is 262 g/mol. The summed E-state index contributed by atoms with van der Waals surface area (Å²) in [6.45, 7) is 6.81. The highest BCUT2D eigenvalue weighted by atomic mass is 16.8. The van der Waals surface area contributed by atoms with E-state index in [-0.39, 0.29) is 13.2 Å². The second kappa shape index (κ2) is 4.70. The largest absolute Gasteiger partial charge is 0.394 e. The summed E-state index contributed by atoms with van der Waals surface area (Å²) in [5.41, 5.74) is 0. The molecule has 2 saturated heterocycles. The van der Waals surface area contributed by atoms with Crippen LogP contribution in [-0.4, -0.2) is 59.4 Å². The minimum Gasteiger partial charge on any atom is -0.394 e. The zero-order chi connectivity index (χ0) is 13.6. The van der Waals surface area contributed by atoms with Gasteiger partial charge >= 0.3 is 0 Å². The molecule has 0 aromatic rings. The molecule has 0 aromatic heterocycles. The zero-order valence-electron chi connectivity index (χ0n) is 11.3. The molecule has 0 amide bonds. The van der Waals surface area contributed by atoms with Crippen LogP contribution in [0.3, 0.4) is 0 Å². The fraction of sp³-hybridized carbons (Fsp3) is 1.00. The highest BCUT2D eigenvalue weighted by Gasteiger charge is 2.53. The van der Waals surface area contributed by atoms with Crippen molar-refractivity contribution in [3.63, 3.8) is 0 Å². The molecule has 0 saturated carbocycles. The van der Waals surface area contributed by atoms with Crippen LogP contribution in [0.1, 0.15) is 27.7 Å². The molecule has 0 aliphatic carbocycles. The lowest BCUT2D eigenvalue weighted by atomic mass is 10.0. The third kappa shape index (κ3) is 2.68. The Kier molecular flexibility index (Phi) is 3.70. The van der Waals surface area contributed by atoms with Crippen molar-refractivity contribution in [2.75, 3.05) is 13.2 Å². The summed E-state index contributed by atoms with van der Waals surface area (Å²) in [7, 11) is 0. The Labute approximate surface area is 107 Å². The highest BCUT2D eigenvalue weighted by Crippen LogP contribution is 2.38. The van der Waals surface area contributed by atoms with Gasteiger partial charge in [0.2, 0.25) is 0 Å². The fourth-order valence-corrected chi connectivity index (χ4v) is 2.57. The van der Waals surface area contributed by atoms with Crippen LogP contribution in [-0.2, 0) is 18.9 Å². The third-order valence-corrected chi connectivity index (χ3v) is 3.13. The molecule has 6 heteroatoms. The molecule has 18 heavy (non-hydrogen) atoms. The number of hydrogen-bond acceptors (Lipinski definition) is 6. The predicted octanol–water partition coefficient (Wildman–Crippen LogP) is 0.0112. The summed E-state index contributed by atoms with van der Waals surface area (Å²) < 4.78 is 22.7. The Hall–Kier alpha value is -0.240. The topological polar surface area (TPSA) is 77.4 Å². The molecule has 2 aliphatic rings. The van der Waals surface area contributed by atoms with E-state index in [1.807, 2.05) is 0 Å². The van der Waals surface area contributed by atoms with Crippen molar-refractivity contribution in [3.8, 4) is 0 Å². The van der Waals surface area contributed by atoms with Crippen LogP contribution in [0.4, 0.5) is 0 Å². The first-order valence-corrected chi connectivity index (χ1v) is 6.21. The fourth-order valence-electron chi connectivity index (χ4n) is 2.57. The van der Waals surface area contributed by atoms with Crippen molar-refractivity contribution in [1.82, 2.24) is 0 Å². The van der Waals surface area contributed by atoms with Crippen molar-refractivity contribution >= 4 is 0 Å². The van der Waals surface area contributed by atoms with E-state index in [1.165, 1.54) is 0 Å². The summed E-state index contributed by atoms with van der Waals surface area (Å²) in [4.78, 5) is 0. The van der Waals surface area contributed by atoms with E-state index < -0.39 is 36.0 Å². The molecule has 2 rings (SSSR count). The van der Waals surface area contributed by atoms with Gasteiger partial charge in [-0.25, -0.2) is 0 Å². The van der Waals surface area contributed by atoms with Crippen molar-refractivity contribution in [3.05, 3.63) is 0 Å². The van der Waals surface area contributed by atoms with Crippen LogP contribution in [0.15, 0.2) is 0 Å². The lowest BCUT2D eigenvalue weighted by Crippen LogP contribution is -2.44. The molecule has 0 unspecified atom stereocenters. The summed E-state index contributed by atoms with van der Waals surface area (Å²) in [5.74, 6) is -1.54. The number of aliphatic hydroxyl groups excluding tert-OH is 2. The van der Waals surface area contributed by atoms with Crippen LogP contribution in [0.5, 0.6) is 0 Å². The molecule has 2 fully saturated rings. The first-order chi connectivity index (χ1) is 8.28. The van der Waals surface area contributed by atoms with E-state index in [9.17, 15) is 10.2 Å². The minimum absolute atomic E-state index is 0.160. The Bertz CT molecular complexity index is 273. The number of rotatable bonds is 3. The molecule has 4 atom stereocenters. The van der Waals surface area contributed by atoms with Gasteiger partial charge in [-0.05, 0) is 27.7 Å². The Morgan fingerprint density at radius 1 is 0.722 bits per heavy atom. The first kappa shape index (κ1) is 14.2. The summed E-state index contributed by atoms with van der Waals surface area (Å²) in [5, 5.41) is 18.7. The third-order valence-electron chi connectivity index (χ3n) is 3.13. The second-order valence-corrected chi connectivity index (χ2v) is 5.64. The van der Waals surface area contributed by atoms with Crippen LogP contribution >= 0.6 is 0 Å². The molecular formula is C12H22O6. The van der Waals surface area contributed by atoms with Gasteiger partial charge in [-0.3, -0.25) is 0 Å². The number of ether oxygens (including phenoxy) is 4. The Morgan fingerprint density at radius 2 is 1.06 bits per heavy atom. The normalized spacial score (nSPS) is 42.3. The minimum atomic E-state index is -0.770. The van der Waals surface area contributed by atoms with E-state index in [4.69, 9.17) is 18.9 Å². The van der Waals surface area contributed by atoms with Gasteiger partial charge in [-0.2, -0.15) is 0 Å². The second-order valence-electron chi connectivity index (χ2n) is 5.64. The van der Waals surface area contributed by atoms with Gasteiger partial charge in [-0.15, -0.1) is 0 Å². The maximum atomic E-state index is 9.35. The SMILES string of the molecule is CC1(C)O[C@@H]([C@@H]2OC(C)(C)O[C@H]2CO)[C@H](CO)O1. The summed E-state index contributed by atoms with van der Waals surface area (Å²) >= 11 is 0. The van der Waals surface area contributed by atoms with Crippen LogP contribution in [0, 0.1) is 0 Å². The van der Waals surface area contributed by atoms with Gasteiger partial charge in [0.25, 0.3) is 0 Å². The van der Waals surface area contributed by atoms with Crippen molar-refractivity contribution in [2.24, 2.45) is 0 Å². The van der Waals surface area contributed by atoms with E-state index in [1.54, 1.807) is 27.7 Å². The van der Waals surface area contributed by atoms with Crippen molar-refractivity contribution in [2.45, 2.75) is 63.7 Å². The highest BCUT2D eigenvalue weighted by molar-refractivity contribution is 4.94. The summed E-state index contributed by atoms with van der Waals surface area (Å²) in [6.07, 6.45) is -1.86. The Balaban J connectivity index is 2.15. The zero-order valence-corrected chi connectivity index (χ0v) is 11.3. The van der Waals surface area contributed by atoms with Gasteiger partial charge in [0, 0.05) is 0 Å². The van der Waals surface area contributed by atoms with Gasteiger partial charge in [0.1, 0.15) is 24.4 Å². The van der Waals surface area contributed by atoms with Gasteiger partial charge in [-0.1, -0.05) is 0 Å². The molecule has 0 aromatic carbocycles.